The molecule has 1 unspecified atom stereocenters. The van der Waals surface area contributed by atoms with Gasteiger partial charge in [-0.2, -0.15) is 0 Å². The number of nitrogens with two attached hydrogens (primary N) is 2. The van der Waals surface area contributed by atoms with Crippen LogP contribution >= 0.6 is 0 Å². The minimum absolute atomic E-state index is 0.0685. The summed E-state index contributed by atoms with van der Waals surface area (Å²) in [7, 11) is 0. The lowest BCUT2D eigenvalue weighted by molar-refractivity contribution is -0.150. The molecule has 1 aliphatic rings. The van der Waals surface area contributed by atoms with Crippen molar-refractivity contribution in [3.05, 3.63) is 35.9 Å². The van der Waals surface area contributed by atoms with Crippen molar-refractivity contribution in [2.24, 2.45) is 16.9 Å². The van der Waals surface area contributed by atoms with Gasteiger partial charge in [0.2, 0.25) is 0 Å². The first-order valence-corrected chi connectivity index (χ1v) is 7.84. The zero-order valence-corrected chi connectivity index (χ0v) is 12.6. The Hall–Kier alpha value is -1.39. The predicted molar refractivity (Wildman–Crippen MR) is 83.5 cm³/mol. The molecule has 0 spiro atoms. The molecule has 0 heterocycles. The van der Waals surface area contributed by atoms with Crippen LogP contribution in [0.15, 0.2) is 30.3 Å². The van der Waals surface area contributed by atoms with Crippen molar-refractivity contribution in [1.29, 1.82) is 0 Å². The van der Waals surface area contributed by atoms with Crippen LogP contribution in [0.2, 0.25) is 0 Å². The van der Waals surface area contributed by atoms with E-state index in [-0.39, 0.29) is 11.4 Å². The number of hydrogen-bond acceptors (Lipinski definition) is 4. The third-order valence-electron chi connectivity index (χ3n) is 4.52. The minimum Gasteiger partial charge on any atom is -0.464 e. The molecule has 4 nitrogen and oxygen atoms in total. The molecule has 1 fully saturated rings. The predicted octanol–water partition coefficient (Wildman–Crippen LogP) is 2.53. The Morgan fingerprint density at radius 3 is 2.48 bits per heavy atom. The molecule has 0 aliphatic heterocycles. The number of hydrogen-bond donors (Lipinski definition) is 2. The maximum absolute atomic E-state index is 12.2. The van der Waals surface area contributed by atoms with Crippen LogP contribution in [0.5, 0.6) is 0 Å². The molecule has 1 atom stereocenters. The Morgan fingerprint density at radius 1 is 1.19 bits per heavy atom. The molecule has 1 aromatic carbocycles. The summed E-state index contributed by atoms with van der Waals surface area (Å²) in [6.45, 7) is 1.09. The van der Waals surface area contributed by atoms with Gasteiger partial charge in [0.1, 0.15) is 6.04 Å². The van der Waals surface area contributed by atoms with Crippen molar-refractivity contribution in [1.82, 2.24) is 0 Å². The molecule has 0 bridgehead atoms. The van der Waals surface area contributed by atoms with E-state index in [1.807, 2.05) is 30.3 Å². The fourth-order valence-corrected chi connectivity index (χ4v) is 3.18. The smallest absolute Gasteiger partial charge is 0.327 e. The summed E-state index contributed by atoms with van der Waals surface area (Å²) in [5.41, 5.74) is 12.6. The van der Waals surface area contributed by atoms with Crippen LogP contribution in [0.4, 0.5) is 0 Å². The third-order valence-corrected chi connectivity index (χ3v) is 4.52. The van der Waals surface area contributed by atoms with Gasteiger partial charge in [-0.15, -0.1) is 0 Å². The van der Waals surface area contributed by atoms with Crippen LogP contribution in [-0.4, -0.2) is 19.1 Å². The largest absolute Gasteiger partial charge is 0.464 e. The standard InChI is InChI=1S/C17H26N2O2/c18-12-11-17(9-5-2-6-10-17)13-21-16(20)15(19)14-7-3-1-4-8-14/h1,3-4,7-8,15H,2,5-6,9-13,18-19H2. The van der Waals surface area contributed by atoms with Crippen LogP contribution in [-0.2, 0) is 9.53 Å². The van der Waals surface area contributed by atoms with Crippen molar-refractivity contribution >= 4 is 5.97 Å². The molecule has 2 rings (SSSR count). The Kier molecular flexibility index (Phi) is 5.76. The summed E-state index contributed by atoms with van der Waals surface area (Å²) in [5.74, 6) is -0.344. The number of carbonyl (C=O) groups excluding carboxylic acids is 1. The number of rotatable bonds is 6. The monoisotopic (exact) mass is 290 g/mol. The Labute approximate surface area is 126 Å². The van der Waals surface area contributed by atoms with Crippen LogP contribution in [0, 0.1) is 5.41 Å². The summed E-state index contributed by atoms with van der Waals surface area (Å²) in [5, 5.41) is 0. The zero-order chi connectivity index (χ0) is 15.1. The van der Waals surface area contributed by atoms with Crippen molar-refractivity contribution in [3.8, 4) is 0 Å². The molecular formula is C17H26N2O2. The first-order valence-electron chi connectivity index (χ1n) is 7.84. The van der Waals surface area contributed by atoms with Gasteiger partial charge in [0.25, 0.3) is 0 Å². The first-order chi connectivity index (χ1) is 10.2. The number of esters is 1. The van der Waals surface area contributed by atoms with Crippen LogP contribution < -0.4 is 11.5 Å². The van der Waals surface area contributed by atoms with E-state index in [1.54, 1.807) is 0 Å². The topological polar surface area (TPSA) is 78.3 Å². The van der Waals surface area contributed by atoms with Gasteiger partial charge in [0.15, 0.2) is 0 Å². The van der Waals surface area contributed by atoms with E-state index in [9.17, 15) is 4.79 Å². The maximum atomic E-state index is 12.2. The van der Waals surface area contributed by atoms with E-state index in [0.717, 1.165) is 24.8 Å². The third kappa shape index (κ3) is 4.29. The molecule has 4 heteroatoms. The molecule has 4 N–H and O–H groups in total. The van der Waals surface area contributed by atoms with E-state index in [0.29, 0.717) is 13.2 Å². The van der Waals surface area contributed by atoms with E-state index in [4.69, 9.17) is 16.2 Å². The number of carbonyl (C=O) groups is 1. The van der Waals surface area contributed by atoms with Gasteiger partial charge in [0, 0.05) is 5.41 Å². The highest BCUT2D eigenvalue weighted by molar-refractivity contribution is 5.77. The highest BCUT2D eigenvalue weighted by Gasteiger charge is 2.33. The fourth-order valence-electron chi connectivity index (χ4n) is 3.18. The van der Waals surface area contributed by atoms with E-state index >= 15 is 0 Å². The molecule has 0 radical (unpaired) electrons. The Morgan fingerprint density at radius 2 is 1.86 bits per heavy atom. The molecular weight excluding hydrogens is 264 g/mol. The second-order valence-corrected chi connectivity index (χ2v) is 6.10. The fraction of sp³-hybridized carbons (Fsp3) is 0.588. The van der Waals surface area contributed by atoms with Gasteiger partial charge in [-0.1, -0.05) is 49.6 Å². The summed E-state index contributed by atoms with van der Waals surface area (Å²) in [6.07, 6.45) is 6.77. The van der Waals surface area contributed by atoms with E-state index in [1.165, 1.54) is 19.3 Å². The molecule has 21 heavy (non-hydrogen) atoms. The molecule has 0 aromatic heterocycles. The highest BCUT2D eigenvalue weighted by Crippen LogP contribution is 2.39. The van der Waals surface area contributed by atoms with Crippen molar-refractivity contribution < 1.29 is 9.53 Å². The van der Waals surface area contributed by atoms with Crippen LogP contribution in [0.25, 0.3) is 0 Å². The van der Waals surface area contributed by atoms with E-state index < -0.39 is 6.04 Å². The quantitative estimate of drug-likeness (QED) is 0.789. The van der Waals surface area contributed by atoms with Crippen LogP contribution in [0.3, 0.4) is 0 Å². The highest BCUT2D eigenvalue weighted by atomic mass is 16.5. The van der Waals surface area contributed by atoms with Gasteiger partial charge in [-0.25, -0.2) is 4.79 Å². The maximum Gasteiger partial charge on any atom is 0.327 e. The molecule has 1 saturated carbocycles. The van der Waals surface area contributed by atoms with Gasteiger partial charge in [0.05, 0.1) is 6.61 Å². The Bertz CT molecular complexity index is 436. The van der Waals surface area contributed by atoms with Gasteiger partial charge >= 0.3 is 5.97 Å². The zero-order valence-electron chi connectivity index (χ0n) is 12.6. The normalized spacial score (nSPS) is 19.0. The van der Waals surface area contributed by atoms with E-state index in [2.05, 4.69) is 0 Å². The summed E-state index contributed by atoms with van der Waals surface area (Å²) in [6, 6.07) is 8.65. The molecule has 0 saturated heterocycles. The number of ether oxygens (including phenoxy) is 1. The lowest BCUT2D eigenvalue weighted by Gasteiger charge is -2.36. The number of benzene rings is 1. The second kappa shape index (κ2) is 7.57. The minimum atomic E-state index is -0.704. The summed E-state index contributed by atoms with van der Waals surface area (Å²) >= 11 is 0. The lowest BCUT2D eigenvalue weighted by atomic mass is 9.72. The molecule has 1 aromatic rings. The van der Waals surface area contributed by atoms with Crippen molar-refractivity contribution in [2.45, 2.75) is 44.6 Å². The first kappa shape index (κ1) is 16.0. The van der Waals surface area contributed by atoms with Crippen LogP contribution in [0.1, 0.15) is 50.1 Å². The van der Waals surface area contributed by atoms with Gasteiger partial charge < -0.3 is 16.2 Å². The lowest BCUT2D eigenvalue weighted by Crippen LogP contribution is -2.35. The van der Waals surface area contributed by atoms with Gasteiger partial charge in [-0.05, 0) is 31.4 Å². The SMILES string of the molecule is NCCC1(COC(=O)C(N)c2ccccc2)CCCCC1. The van der Waals surface area contributed by atoms with Gasteiger partial charge in [-0.3, -0.25) is 0 Å². The molecule has 0 amide bonds. The average Bonchev–Trinajstić information content (AvgIpc) is 2.54. The second-order valence-electron chi connectivity index (χ2n) is 6.10. The summed E-state index contributed by atoms with van der Waals surface area (Å²) in [4.78, 5) is 12.2. The molecule has 1 aliphatic carbocycles. The molecule has 116 valence electrons. The Balaban J connectivity index is 1.92. The average molecular weight is 290 g/mol. The van der Waals surface area contributed by atoms with Crippen molar-refractivity contribution in [2.75, 3.05) is 13.2 Å². The summed E-state index contributed by atoms with van der Waals surface area (Å²) < 4.78 is 5.53. The van der Waals surface area contributed by atoms with Crippen molar-refractivity contribution in [3.63, 3.8) is 0 Å².